The first-order chi connectivity index (χ1) is 8.77. The molecule has 0 saturated carbocycles. The second kappa shape index (κ2) is 4.17. The Labute approximate surface area is 103 Å². The van der Waals surface area contributed by atoms with Crippen molar-refractivity contribution < 1.29 is 9.42 Å². The third kappa shape index (κ3) is 1.64. The molecule has 0 radical (unpaired) electrons. The van der Waals surface area contributed by atoms with Crippen LogP contribution in [-0.2, 0) is 0 Å². The number of amides is 1. The molecule has 1 fully saturated rings. The van der Waals surface area contributed by atoms with E-state index in [0.29, 0.717) is 6.54 Å². The summed E-state index contributed by atoms with van der Waals surface area (Å²) in [5, 5.41) is 7.00. The second-order valence-electron chi connectivity index (χ2n) is 4.28. The van der Waals surface area contributed by atoms with Crippen LogP contribution in [-0.4, -0.2) is 32.6 Å². The van der Waals surface area contributed by atoms with Crippen LogP contribution in [0.25, 0.3) is 0 Å². The fraction of sp³-hybridized carbons (Fsp3) is 0.364. The van der Waals surface area contributed by atoms with Gasteiger partial charge in [0.05, 0.1) is 6.04 Å². The van der Waals surface area contributed by atoms with Crippen molar-refractivity contribution in [2.24, 2.45) is 0 Å². The number of carbonyl (C=O) groups excluding carboxylic acids is 1. The number of nitrogen functional groups attached to an aromatic ring is 1. The summed E-state index contributed by atoms with van der Waals surface area (Å²) in [6.07, 6.45) is 3.74. The van der Waals surface area contributed by atoms with Gasteiger partial charge in [-0.1, -0.05) is 0 Å². The minimum atomic E-state index is -0.231. The standard InChI is InChI=1S/C11H13N5O2/c12-10-9(14-18-15-10)11(17)16-6-2-4-8(16)7-3-1-5-13-7/h1,3,5,8,13H,2,4,6H2,(H2,12,15). The Kier molecular flexibility index (Phi) is 2.51. The number of aromatic amines is 1. The minimum absolute atomic E-state index is 0.0390. The van der Waals surface area contributed by atoms with Gasteiger partial charge in [0.25, 0.3) is 5.91 Å². The first kappa shape index (κ1) is 10.8. The molecule has 2 aromatic rings. The molecule has 3 rings (SSSR count). The van der Waals surface area contributed by atoms with E-state index in [4.69, 9.17) is 5.73 Å². The van der Waals surface area contributed by atoms with Crippen molar-refractivity contribution >= 4 is 11.7 Å². The average molecular weight is 247 g/mol. The number of nitrogens with one attached hydrogen (secondary N) is 1. The molecule has 2 aromatic heterocycles. The maximum atomic E-state index is 12.3. The van der Waals surface area contributed by atoms with E-state index in [1.165, 1.54) is 0 Å². The molecule has 1 aliphatic heterocycles. The zero-order valence-electron chi connectivity index (χ0n) is 9.67. The third-order valence-corrected chi connectivity index (χ3v) is 3.21. The number of hydrogen-bond donors (Lipinski definition) is 2. The topological polar surface area (TPSA) is 101 Å². The maximum Gasteiger partial charge on any atom is 0.280 e. The van der Waals surface area contributed by atoms with Crippen LogP contribution in [0.2, 0.25) is 0 Å². The van der Waals surface area contributed by atoms with Crippen molar-refractivity contribution in [2.75, 3.05) is 12.3 Å². The highest BCUT2D eigenvalue weighted by atomic mass is 16.6. The van der Waals surface area contributed by atoms with Crippen molar-refractivity contribution in [3.8, 4) is 0 Å². The first-order valence-corrected chi connectivity index (χ1v) is 5.79. The van der Waals surface area contributed by atoms with Gasteiger partial charge in [-0.25, -0.2) is 4.63 Å². The summed E-state index contributed by atoms with van der Waals surface area (Å²) in [6.45, 7) is 0.689. The normalized spacial score (nSPS) is 19.3. The molecule has 0 aromatic carbocycles. The minimum Gasteiger partial charge on any atom is -0.379 e. The fourth-order valence-electron chi connectivity index (χ4n) is 2.36. The molecule has 94 valence electrons. The van der Waals surface area contributed by atoms with Crippen LogP contribution in [0, 0.1) is 0 Å². The van der Waals surface area contributed by atoms with E-state index in [9.17, 15) is 4.79 Å². The summed E-state index contributed by atoms with van der Waals surface area (Å²) >= 11 is 0. The Hall–Kier alpha value is -2.31. The van der Waals surface area contributed by atoms with Crippen molar-refractivity contribution in [1.29, 1.82) is 0 Å². The molecule has 0 bridgehead atoms. The molecule has 3 heterocycles. The zero-order valence-corrected chi connectivity index (χ0v) is 9.67. The van der Waals surface area contributed by atoms with E-state index in [2.05, 4.69) is 19.9 Å². The Bertz CT molecular complexity index is 548. The summed E-state index contributed by atoms with van der Waals surface area (Å²) in [5.41, 5.74) is 6.67. The predicted molar refractivity (Wildman–Crippen MR) is 62.5 cm³/mol. The summed E-state index contributed by atoms with van der Waals surface area (Å²) in [4.78, 5) is 17.2. The van der Waals surface area contributed by atoms with E-state index in [0.717, 1.165) is 18.5 Å². The Morgan fingerprint density at radius 2 is 2.44 bits per heavy atom. The monoisotopic (exact) mass is 247 g/mol. The third-order valence-electron chi connectivity index (χ3n) is 3.21. The molecule has 1 aliphatic rings. The molecule has 1 unspecified atom stereocenters. The maximum absolute atomic E-state index is 12.3. The zero-order chi connectivity index (χ0) is 12.5. The van der Waals surface area contributed by atoms with Gasteiger partial charge in [-0.15, -0.1) is 0 Å². The van der Waals surface area contributed by atoms with Gasteiger partial charge in [-0.3, -0.25) is 4.79 Å². The summed E-state index contributed by atoms with van der Waals surface area (Å²) < 4.78 is 4.47. The summed E-state index contributed by atoms with van der Waals surface area (Å²) in [6, 6.07) is 3.94. The van der Waals surface area contributed by atoms with E-state index >= 15 is 0 Å². The van der Waals surface area contributed by atoms with Crippen LogP contribution in [0.5, 0.6) is 0 Å². The van der Waals surface area contributed by atoms with Gasteiger partial charge in [0.15, 0.2) is 0 Å². The van der Waals surface area contributed by atoms with Gasteiger partial charge in [-0.05, 0) is 35.3 Å². The molecule has 0 spiro atoms. The van der Waals surface area contributed by atoms with Crippen LogP contribution in [0.3, 0.4) is 0 Å². The lowest BCUT2D eigenvalue weighted by atomic mass is 10.1. The molecule has 7 nitrogen and oxygen atoms in total. The van der Waals surface area contributed by atoms with E-state index in [1.807, 2.05) is 18.3 Å². The summed E-state index contributed by atoms with van der Waals surface area (Å²) in [5.74, 6) is -0.192. The second-order valence-corrected chi connectivity index (χ2v) is 4.28. The van der Waals surface area contributed by atoms with Gasteiger partial charge in [0.2, 0.25) is 11.5 Å². The average Bonchev–Trinajstić information content (AvgIpc) is 3.09. The Balaban J connectivity index is 1.88. The Morgan fingerprint density at radius 3 is 3.11 bits per heavy atom. The molecule has 18 heavy (non-hydrogen) atoms. The summed E-state index contributed by atoms with van der Waals surface area (Å²) in [7, 11) is 0. The quantitative estimate of drug-likeness (QED) is 0.823. The number of hydrogen-bond acceptors (Lipinski definition) is 5. The van der Waals surface area contributed by atoms with Crippen molar-refractivity contribution in [1.82, 2.24) is 20.2 Å². The number of nitrogens with two attached hydrogens (primary N) is 1. The SMILES string of the molecule is Nc1nonc1C(=O)N1CCCC1c1ccc[nH]1. The van der Waals surface area contributed by atoms with E-state index in [-0.39, 0.29) is 23.5 Å². The molecule has 0 aliphatic carbocycles. The lowest BCUT2D eigenvalue weighted by molar-refractivity contribution is 0.0722. The van der Waals surface area contributed by atoms with Crippen LogP contribution in [0.15, 0.2) is 23.0 Å². The Morgan fingerprint density at radius 1 is 1.56 bits per heavy atom. The molecule has 7 heteroatoms. The van der Waals surface area contributed by atoms with Gasteiger partial charge in [-0.2, -0.15) is 0 Å². The van der Waals surface area contributed by atoms with E-state index < -0.39 is 0 Å². The van der Waals surface area contributed by atoms with Gasteiger partial charge in [0.1, 0.15) is 0 Å². The van der Waals surface area contributed by atoms with Crippen LogP contribution in [0.1, 0.15) is 35.1 Å². The largest absolute Gasteiger partial charge is 0.379 e. The predicted octanol–water partition coefficient (Wildman–Crippen LogP) is 0.957. The number of nitrogens with zero attached hydrogens (tertiary/aromatic N) is 3. The smallest absolute Gasteiger partial charge is 0.280 e. The lowest BCUT2D eigenvalue weighted by Crippen LogP contribution is -2.31. The highest BCUT2D eigenvalue weighted by Gasteiger charge is 2.33. The first-order valence-electron chi connectivity index (χ1n) is 5.79. The van der Waals surface area contributed by atoms with Crippen LogP contribution >= 0.6 is 0 Å². The number of H-pyrrole nitrogens is 1. The number of aromatic nitrogens is 3. The van der Waals surface area contributed by atoms with E-state index in [1.54, 1.807) is 4.90 Å². The van der Waals surface area contributed by atoms with Crippen LogP contribution in [0.4, 0.5) is 5.82 Å². The molecule has 3 N–H and O–H groups in total. The van der Waals surface area contributed by atoms with Crippen molar-refractivity contribution in [3.63, 3.8) is 0 Å². The molecular weight excluding hydrogens is 234 g/mol. The van der Waals surface area contributed by atoms with Gasteiger partial charge < -0.3 is 15.6 Å². The molecule has 1 amide bonds. The highest BCUT2D eigenvalue weighted by molar-refractivity contribution is 5.96. The van der Waals surface area contributed by atoms with Gasteiger partial charge in [0, 0.05) is 18.4 Å². The fourth-order valence-corrected chi connectivity index (χ4v) is 2.36. The van der Waals surface area contributed by atoms with Crippen molar-refractivity contribution in [2.45, 2.75) is 18.9 Å². The highest BCUT2D eigenvalue weighted by Crippen LogP contribution is 2.32. The van der Waals surface area contributed by atoms with Gasteiger partial charge >= 0.3 is 0 Å². The van der Waals surface area contributed by atoms with Crippen molar-refractivity contribution in [3.05, 3.63) is 29.7 Å². The lowest BCUT2D eigenvalue weighted by Gasteiger charge is -2.22. The van der Waals surface area contributed by atoms with Crippen LogP contribution < -0.4 is 5.73 Å². The molecule has 1 saturated heterocycles. The molecular formula is C11H13N5O2. The number of likely N-dealkylation sites (tertiary alicyclic amines) is 1. The molecule has 1 atom stereocenters. The number of anilines is 1. The number of rotatable bonds is 2. The number of carbonyl (C=O) groups is 1.